The summed E-state index contributed by atoms with van der Waals surface area (Å²) < 4.78 is 0. The highest BCUT2D eigenvalue weighted by atomic mass is 32.1. The summed E-state index contributed by atoms with van der Waals surface area (Å²) in [4.78, 5) is 5.93. The molecule has 0 spiro atoms. The minimum atomic E-state index is 0.756. The first kappa shape index (κ1) is 10.9. The Kier molecular flexibility index (Phi) is 2.95. The normalized spacial score (nSPS) is 15.1. The van der Waals surface area contributed by atoms with Gasteiger partial charge in [-0.15, -0.1) is 11.3 Å². The lowest BCUT2D eigenvalue weighted by Crippen LogP contribution is -2.16. The van der Waals surface area contributed by atoms with E-state index in [0.717, 1.165) is 24.0 Å². The van der Waals surface area contributed by atoms with Crippen molar-refractivity contribution in [1.29, 1.82) is 0 Å². The quantitative estimate of drug-likeness (QED) is 0.892. The molecule has 0 aromatic carbocycles. The molecule has 0 radical (unpaired) electrons. The Bertz CT molecular complexity index is 501. The molecule has 88 valence electrons. The standard InChI is InChI=1S/C14H16N2S/c1-10-11(9-15-12-5-6-12)4-7-13(16-10)14-3-2-8-17-14/h2-4,7-8,12,15H,5-6,9H2,1H3. The Morgan fingerprint density at radius 1 is 1.35 bits per heavy atom. The second-order valence-electron chi connectivity index (χ2n) is 4.57. The van der Waals surface area contributed by atoms with Crippen LogP contribution in [-0.4, -0.2) is 11.0 Å². The van der Waals surface area contributed by atoms with Gasteiger partial charge in [0.15, 0.2) is 0 Å². The maximum absolute atomic E-state index is 4.68. The molecule has 3 rings (SSSR count). The third kappa shape index (κ3) is 2.56. The molecule has 0 atom stereocenters. The van der Waals surface area contributed by atoms with Crippen LogP contribution < -0.4 is 5.32 Å². The van der Waals surface area contributed by atoms with E-state index in [-0.39, 0.29) is 0 Å². The van der Waals surface area contributed by atoms with Gasteiger partial charge in [0.05, 0.1) is 10.6 Å². The number of nitrogens with one attached hydrogen (secondary N) is 1. The number of pyridine rings is 1. The van der Waals surface area contributed by atoms with Crippen LogP contribution in [0.4, 0.5) is 0 Å². The molecular formula is C14H16N2S. The average molecular weight is 244 g/mol. The molecular weight excluding hydrogens is 228 g/mol. The smallest absolute Gasteiger partial charge is 0.0805 e. The molecule has 0 bridgehead atoms. The molecule has 1 fully saturated rings. The van der Waals surface area contributed by atoms with Crippen molar-refractivity contribution in [1.82, 2.24) is 10.3 Å². The van der Waals surface area contributed by atoms with Gasteiger partial charge >= 0.3 is 0 Å². The lowest BCUT2D eigenvalue weighted by molar-refractivity contribution is 0.682. The highest BCUT2D eigenvalue weighted by Gasteiger charge is 2.20. The molecule has 0 aliphatic heterocycles. The highest BCUT2D eigenvalue weighted by Crippen LogP contribution is 2.24. The average Bonchev–Trinajstić information content (AvgIpc) is 3.00. The van der Waals surface area contributed by atoms with Crippen molar-refractivity contribution in [3.05, 3.63) is 40.9 Å². The summed E-state index contributed by atoms with van der Waals surface area (Å²) in [5, 5.41) is 5.62. The Balaban J connectivity index is 1.78. The molecule has 17 heavy (non-hydrogen) atoms. The molecule has 1 aliphatic rings. The van der Waals surface area contributed by atoms with Gasteiger partial charge in [-0.25, -0.2) is 0 Å². The largest absolute Gasteiger partial charge is 0.310 e. The van der Waals surface area contributed by atoms with Gasteiger partial charge in [0, 0.05) is 18.3 Å². The van der Waals surface area contributed by atoms with E-state index in [1.54, 1.807) is 11.3 Å². The molecule has 0 unspecified atom stereocenters. The van der Waals surface area contributed by atoms with E-state index in [1.807, 2.05) is 0 Å². The van der Waals surface area contributed by atoms with Crippen LogP contribution in [0.5, 0.6) is 0 Å². The predicted molar refractivity (Wildman–Crippen MR) is 72.1 cm³/mol. The van der Waals surface area contributed by atoms with Gasteiger partial charge in [0.1, 0.15) is 0 Å². The zero-order valence-corrected chi connectivity index (χ0v) is 10.8. The first-order chi connectivity index (χ1) is 8.33. The number of thiophene rings is 1. The molecule has 1 saturated carbocycles. The maximum atomic E-state index is 4.68. The van der Waals surface area contributed by atoms with Crippen LogP contribution in [0.3, 0.4) is 0 Å². The molecule has 2 heterocycles. The Labute approximate surface area is 106 Å². The van der Waals surface area contributed by atoms with Crippen LogP contribution in [0.1, 0.15) is 24.1 Å². The summed E-state index contributed by atoms with van der Waals surface area (Å²) in [5.41, 5.74) is 3.55. The number of hydrogen-bond donors (Lipinski definition) is 1. The molecule has 1 N–H and O–H groups in total. The Morgan fingerprint density at radius 3 is 2.88 bits per heavy atom. The number of aromatic nitrogens is 1. The van der Waals surface area contributed by atoms with E-state index in [9.17, 15) is 0 Å². The molecule has 0 saturated heterocycles. The van der Waals surface area contributed by atoms with Crippen LogP contribution in [0.25, 0.3) is 10.6 Å². The van der Waals surface area contributed by atoms with Crippen LogP contribution in [0, 0.1) is 6.92 Å². The first-order valence-corrected chi connectivity index (χ1v) is 6.94. The fourth-order valence-electron chi connectivity index (χ4n) is 1.88. The van der Waals surface area contributed by atoms with E-state index in [1.165, 1.54) is 23.3 Å². The van der Waals surface area contributed by atoms with Crippen molar-refractivity contribution in [3.8, 4) is 10.6 Å². The van der Waals surface area contributed by atoms with Crippen LogP contribution in [0.2, 0.25) is 0 Å². The fraction of sp³-hybridized carbons (Fsp3) is 0.357. The zero-order valence-electron chi connectivity index (χ0n) is 9.94. The van der Waals surface area contributed by atoms with Crippen molar-refractivity contribution in [2.75, 3.05) is 0 Å². The van der Waals surface area contributed by atoms with E-state index in [0.29, 0.717) is 0 Å². The summed E-state index contributed by atoms with van der Waals surface area (Å²) >= 11 is 1.74. The number of hydrogen-bond acceptors (Lipinski definition) is 3. The molecule has 2 aromatic rings. The predicted octanol–water partition coefficient (Wildman–Crippen LogP) is 3.37. The third-order valence-corrected chi connectivity index (χ3v) is 4.02. The second kappa shape index (κ2) is 4.59. The van der Waals surface area contributed by atoms with Crippen molar-refractivity contribution >= 4 is 11.3 Å². The van der Waals surface area contributed by atoms with Gasteiger partial charge < -0.3 is 5.32 Å². The van der Waals surface area contributed by atoms with Gasteiger partial charge in [-0.2, -0.15) is 0 Å². The fourth-order valence-corrected chi connectivity index (χ4v) is 2.58. The molecule has 0 amide bonds. The monoisotopic (exact) mass is 244 g/mol. The highest BCUT2D eigenvalue weighted by molar-refractivity contribution is 7.13. The third-order valence-electron chi connectivity index (χ3n) is 3.13. The first-order valence-electron chi connectivity index (χ1n) is 6.07. The Hall–Kier alpha value is -1.19. The lowest BCUT2D eigenvalue weighted by atomic mass is 10.1. The number of aryl methyl sites for hydroxylation is 1. The van der Waals surface area contributed by atoms with Gasteiger partial charge in [-0.1, -0.05) is 12.1 Å². The SMILES string of the molecule is Cc1nc(-c2cccs2)ccc1CNC1CC1. The summed E-state index contributed by atoms with van der Waals surface area (Å²) in [6, 6.07) is 9.27. The van der Waals surface area contributed by atoms with Gasteiger partial charge in [0.25, 0.3) is 0 Å². The van der Waals surface area contributed by atoms with E-state index in [4.69, 9.17) is 0 Å². The number of nitrogens with zero attached hydrogens (tertiary/aromatic N) is 1. The van der Waals surface area contributed by atoms with E-state index in [2.05, 4.69) is 46.9 Å². The zero-order chi connectivity index (χ0) is 11.7. The summed E-state index contributed by atoms with van der Waals surface area (Å²) in [5.74, 6) is 0. The lowest BCUT2D eigenvalue weighted by Gasteiger charge is -2.07. The van der Waals surface area contributed by atoms with Crippen LogP contribution in [0.15, 0.2) is 29.6 Å². The van der Waals surface area contributed by atoms with Gasteiger partial charge in [0.2, 0.25) is 0 Å². The summed E-state index contributed by atoms with van der Waals surface area (Å²) in [6.07, 6.45) is 2.67. The summed E-state index contributed by atoms with van der Waals surface area (Å²) in [6.45, 7) is 3.05. The molecule has 1 aliphatic carbocycles. The maximum Gasteiger partial charge on any atom is 0.0805 e. The van der Waals surface area contributed by atoms with Crippen molar-refractivity contribution < 1.29 is 0 Å². The Morgan fingerprint density at radius 2 is 2.24 bits per heavy atom. The molecule has 3 heteroatoms. The minimum Gasteiger partial charge on any atom is -0.310 e. The summed E-state index contributed by atoms with van der Waals surface area (Å²) in [7, 11) is 0. The van der Waals surface area contributed by atoms with Crippen LogP contribution in [-0.2, 0) is 6.54 Å². The van der Waals surface area contributed by atoms with Crippen molar-refractivity contribution in [2.45, 2.75) is 32.4 Å². The number of rotatable bonds is 4. The van der Waals surface area contributed by atoms with Crippen molar-refractivity contribution in [3.63, 3.8) is 0 Å². The molecule has 2 aromatic heterocycles. The van der Waals surface area contributed by atoms with Crippen LogP contribution >= 0.6 is 11.3 Å². The molecule has 2 nitrogen and oxygen atoms in total. The van der Waals surface area contributed by atoms with E-state index >= 15 is 0 Å². The van der Waals surface area contributed by atoms with Crippen molar-refractivity contribution in [2.24, 2.45) is 0 Å². The minimum absolute atomic E-state index is 0.756. The topological polar surface area (TPSA) is 24.9 Å². The van der Waals surface area contributed by atoms with Gasteiger partial charge in [-0.3, -0.25) is 4.98 Å². The van der Waals surface area contributed by atoms with E-state index < -0.39 is 0 Å². The second-order valence-corrected chi connectivity index (χ2v) is 5.52. The van der Waals surface area contributed by atoms with Gasteiger partial charge in [-0.05, 0) is 42.8 Å².